The number of nitrogens with two attached hydrogens (primary N) is 1. The first kappa shape index (κ1) is 14.3. The third kappa shape index (κ3) is 3.07. The van der Waals surface area contributed by atoms with Crippen LogP contribution in [0, 0.1) is 11.6 Å². The first-order valence-corrected chi connectivity index (χ1v) is 6.53. The lowest BCUT2D eigenvalue weighted by atomic mass is 9.99. The van der Waals surface area contributed by atoms with E-state index in [9.17, 15) is 8.78 Å². The third-order valence-electron chi connectivity index (χ3n) is 3.30. The number of hydrogen-bond acceptors (Lipinski definition) is 2. The molecule has 2 aromatic rings. The first-order chi connectivity index (χ1) is 9.51. The van der Waals surface area contributed by atoms with Gasteiger partial charge in [-0.25, -0.2) is 8.78 Å². The maximum Gasteiger partial charge on any atom is 0.198 e. The van der Waals surface area contributed by atoms with Gasteiger partial charge in [-0.2, -0.15) is 0 Å². The minimum absolute atomic E-state index is 0.0273. The number of halogens is 2. The predicted molar refractivity (Wildman–Crippen MR) is 76.0 cm³/mol. The molecule has 0 saturated heterocycles. The van der Waals surface area contributed by atoms with Crippen LogP contribution in [0.3, 0.4) is 0 Å². The summed E-state index contributed by atoms with van der Waals surface area (Å²) in [5, 5.41) is 0. The molecule has 0 spiro atoms. The topological polar surface area (TPSA) is 35.2 Å². The van der Waals surface area contributed by atoms with Crippen LogP contribution in [0.4, 0.5) is 14.5 Å². The highest BCUT2D eigenvalue weighted by atomic mass is 19.1. The van der Waals surface area contributed by atoms with Crippen LogP contribution in [0.15, 0.2) is 36.4 Å². The van der Waals surface area contributed by atoms with Gasteiger partial charge in [0.15, 0.2) is 17.4 Å². The minimum atomic E-state index is -0.812. The summed E-state index contributed by atoms with van der Waals surface area (Å²) in [6.45, 7) is 4.23. The molecule has 0 heterocycles. The molecule has 0 amide bonds. The summed E-state index contributed by atoms with van der Waals surface area (Å²) in [6, 6.07) is 9.28. The molecule has 2 rings (SSSR count). The zero-order chi connectivity index (χ0) is 14.7. The van der Waals surface area contributed by atoms with Crippen LogP contribution >= 0.6 is 0 Å². The Bertz CT molecular complexity index is 573. The Labute approximate surface area is 117 Å². The molecule has 0 aliphatic rings. The summed E-state index contributed by atoms with van der Waals surface area (Å²) in [6.07, 6.45) is 1.03. The predicted octanol–water partition coefficient (Wildman–Crippen LogP) is 4.85. The van der Waals surface area contributed by atoms with Crippen molar-refractivity contribution in [1.82, 2.24) is 0 Å². The lowest BCUT2D eigenvalue weighted by Crippen LogP contribution is -1.96. The molecular weight excluding hydrogens is 260 g/mol. The van der Waals surface area contributed by atoms with Crippen molar-refractivity contribution in [2.45, 2.75) is 26.2 Å². The van der Waals surface area contributed by atoms with E-state index in [4.69, 9.17) is 10.5 Å². The van der Waals surface area contributed by atoms with Crippen LogP contribution in [-0.4, -0.2) is 0 Å². The normalized spacial score (nSPS) is 12.2. The Morgan fingerprint density at radius 2 is 1.65 bits per heavy atom. The quantitative estimate of drug-likeness (QED) is 0.810. The van der Waals surface area contributed by atoms with Crippen LogP contribution < -0.4 is 10.5 Å². The summed E-state index contributed by atoms with van der Waals surface area (Å²) < 4.78 is 32.5. The Kier molecular flexibility index (Phi) is 4.23. The lowest BCUT2D eigenvalue weighted by molar-refractivity contribution is 0.407. The molecule has 0 aliphatic heterocycles. The lowest BCUT2D eigenvalue weighted by Gasteiger charge is -2.11. The maximum atomic E-state index is 13.6. The zero-order valence-corrected chi connectivity index (χ0v) is 11.5. The molecule has 4 heteroatoms. The van der Waals surface area contributed by atoms with Crippen molar-refractivity contribution >= 4 is 5.69 Å². The molecule has 0 fully saturated rings. The molecule has 1 unspecified atom stereocenters. The highest BCUT2D eigenvalue weighted by Gasteiger charge is 2.13. The summed E-state index contributed by atoms with van der Waals surface area (Å²) >= 11 is 0. The molecule has 0 bridgehead atoms. The van der Waals surface area contributed by atoms with Crippen LogP contribution in [0.2, 0.25) is 0 Å². The van der Waals surface area contributed by atoms with E-state index in [1.807, 2.05) is 12.1 Å². The van der Waals surface area contributed by atoms with Crippen molar-refractivity contribution in [1.29, 1.82) is 0 Å². The molecule has 2 aromatic carbocycles. The van der Waals surface area contributed by atoms with E-state index >= 15 is 0 Å². The van der Waals surface area contributed by atoms with Gasteiger partial charge < -0.3 is 10.5 Å². The molecule has 2 N–H and O–H groups in total. The molecule has 0 aromatic heterocycles. The second-order valence-corrected chi connectivity index (χ2v) is 4.79. The van der Waals surface area contributed by atoms with E-state index in [0.717, 1.165) is 24.1 Å². The average molecular weight is 277 g/mol. The standard InChI is InChI=1S/C16H17F2NO/c1-3-10(2)11-4-6-13(7-5-11)20-16-14(17)8-12(19)9-15(16)18/h4-10H,3,19H2,1-2H3. The summed E-state index contributed by atoms with van der Waals surface area (Å²) in [4.78, 5) is 0. The molecule has 2 nitrogen and oxygen atoms in total. The average Bonchev–Trinajstić information content (AvgIpc) is 2.42. The largest absolute Gasteiger partial charge is 0.451 e. The Balaban J connectivity index is 2.23. The van der Waals surface area contributed by atoms with Crippen molar-refractivity contribution in [3.8, 4) is 11.5 Å². The smallest absolute Gasteiger partial charge is 0.198 e. The number of hydrogen-bond donors (Lipinski definition) is 1. The SMILES string of the molecule is CCC(C)c1ccc(Oc2c(F)cc(N)cc2F)cc1. The van der Waals surface area contributed by atoms with Crippen molar-refractivity contribution in [2.24, 2.45) is 0 Å². The van der Waals surface area contributed by atoms with E-state index in [1.165, 1.54) is 0 Å². The molecule has 0 radical (unpaired) electrons. The van der Waals surface area contributed by atoms with Crippen LogP contribution in [0.1, 0.15) is 31.7 Å². The van der Waals surface area contributed by atoms with Gasteiger partial charge in [-0.1, -0.05) is 26.0 Å². The van der Waals surface area contributed by atoms with E-state index in [2.05, 4.69) is 13.8 Å². The Hall–Kier alpha value is -2.10. The van der Waals surface area contributed by atoms with Gasteiger partial charge in [-0.3, -0.25) is 0 Å². The fraction of sp³-hybridized carbons (Fsp3) is 0.250. The highest BCUT2D eigenvalue weighted by Crippen LogP contribution is 2.30. The number of anilines is 1. The van der Waals surface area contributed by atoms with Crippen molar-refractivity contribution in [2.75, 3.05) is 5.73 Å². The molecule has 0 saturated carbocycles. The van der Waals surface area contributed by atoms with Gasteiger partial charge in [-0.05, 0) is 30.0 Å². The first-order valence-electron chi connectivity index (χ1n) is 6.53. The van der Waals surface area contributed by atoms with Crippen LogP contribution in [-0.2, 0) is 0 Å². The maximum absolute atomic E-state index is 13.6. The third-order valence-corrected chi connectivity index (χ3v) is 3.30. The second-order valence-electron chi connectivity index (χ2n) is 4.79. The summed E-state index contributed by atoms with van der Waals surface area (Å²) in [5.74, 6) is -1.23. The van der Waals surface area contributed by atoms with Crippen molar-refractivity contribution in [3.05, 3.63) is 53.6 Å². The molecule has 0 aliphatic carbocycles. The van der Waals surface area contributed by atoms with Gasteiger partial charge in [0.25, 0.3) is 0 Å². The fourth-order valence-corrected chi connectivity index (χ4v) is 1.89. The van der Waals surface area contributed by atoms with Gasteiger partial charge in [-0.15, -0.1) is 0 Å². The van der Waals surface area contributed by atoms with E-state index < -0.39 is 17.4 Å². The highest BCUT2D eigenvalue weighted by molar-refractivity contribution is 5.45. The second kappa shape index (κ2) is 5.90. The van der Waals surface area contributed by atoms with E-state index in [1.54, 1.807) is 12.1 Å². The fourth-order valence-electron chi connectivity index (χ4n) is 1.89. The van der Waals surface area contributed by atoms with Crippen LogP contribution in [0.25, 0.3) is 0 Å². The number of ether oxygens (including phenoxy) is 1. The zero-order valence-electron chi connectivity index (χ0n) is 11.5. The van der Waals surface area contributed by atoms with Gasteiger partial charge in [0.1, 0.15) is 5.75 Å². The van der Waals surface area contributed by atoms with Crippen molar-refractivity contribution in [3.63, 3.8) is 0 Å². The van der Waals surface area contributed by atoms with Gasteiger partial charge >= 0.3 is 0 Å². The molecule has 106 valence electrons. The van der Waals surface area contributed by atoms with E-state index in [-0.39, 0.29) is 5.69 Å². The monoisotopic (exact) mass is 277 g/mol. The van der Waals surface area contributed by atoms with Gasteiger partial charge in [0, 0.05) is 17.8 Å². The van der Waals surface area contributed by atoms with Crippen LogP contribution in [0.5, 0.6) is 11.5 Å². The Morgan fingerprint density at radius 1 is 1.10 bits per heavy atom. The Morgan fingerprint density at radius 3 is 2.15 bits per heavy atom. The number of rotatable bonds is 4. The molecular formula is C16H17F2NO. The van der Waals surface area contributed by atoms with Gasteiger partial charge in [0.2, 0.25) is 0 Å². The molecule has 1 atom stereocenters. The van der Waals surface area contributed by atoms with Gasteiger partial charge in [0.05, 0.1) is 0 Å². The number of benzene rings is 2. The van der Waals surface area contributed by atoms with Crippen molar-refractivity contribution < 1.29 is 13.5 Å². The molecule has 20 heavy (non-hydrogen) atoms. The summed E-state index contributed by atoms with van der Waals surface area (Å²) in [7, 11) is 0. The van der Waals surface area contributed by atoms with E-state index in [0.29, 0.717) is 11.7 Å². The minimum Gasteiger partial charge on any atom is -0.451 e. The summed E-state index contributed by atoms with van der Waals surface area (Å²) in [5.41, 5.74) is 6.55. The number of nitrogen functional groups attached to an aromatic ring is 1.